The van der Waals surface area contributed by atoms with E-state index in [1.54, 1.807) is 37.4 Å². The van der Waals surface area contributed by atoms with Gasteiger partial charge in [-0.15, -0.1) is 0 Å². The summed E-state index contributed by atoms with van der Waals surface area (Å²) in [5.74, 6) is 2.01. The van der Waals surface area contributed by atoms with Gasteiger partial charge in [0.15, 0.2) is 6.61 Å². The van der Waals surface area contributed by atoms with Gasteiger partial charge in [-0.05, 0) is 48.5 Å². The van der Waals surface area contributed by atoms with Crippen molar-refractivity contribution in [3.8, 4) is 28.6 Å². The Balaban J connectivity index is 1.36. The summed E-state index contributed by atoms with van der Waals surface area (Å²) < 4.78 is 21.5. The number of aromatic nitrogens is 2. The molecule has 0 amide bonds. The minimum absolute atomic E-state index is 0.136. The van der Waals surface area contributed by atoms with Gasteiger partial charge >= 0.3 is 5.97 Å². The number of nitrogens with zero attached hydrogens (tertiary/aromatic N) is 2. The summed E-state index contributed by atoms with van der Waals surface area (Å²) in [7, 11) is 1.57. The number of carbonyl (C=O) groups excluding carboxylic acids is 1. The number of esters is 1. The molecule has 150 valence electrons. The van der Waals surface area contributed by atoms with Gasteiger partial charge in [-0.3, -0.25) is 0 Å². The van der Waals surface area contributed by atoms with E-state index in [1.165, 1.54) is 0 Å². The van der Waals surface area contributed by atoms with E-state index < -0.39 is 5.97 Å². The molecule has 0 unspecified atom stereocenters. The highest BCUT2D eigenvalue weighted by molar-refractivity contribution is 5.89. The molecule has 0 aliphatic heterocycles. The number of carbonyl (C=O) groups is 1. The number of hydrogen-bond acceptors (Lipinski definition) is 7. The molecular formula is C23H18N2O5. The van der Waals surface area contributed by atoms with Gasteiger partial charge in [0, 0.05) is 0 Å². The highest BCUT2D eigenvalue weighted by atomic mass is 16.6. The molecule has 0 bridgehead atoms. The first-order valence-corrected chi connectivity index (χ1v) is 9.19. The van der Waals surface area contributed by atoms with E-state index in [2.05, 4.69) is 10.1 Å². The van der Waals surface area contributed by atoms with Crippen LogP contribution in [0, 0.1) is 0 Å². The molecule has 0 fully saturated rings. The molecule has 1 aromatic heterocycles. The van der Waals surface area contributed by atoms with Crippen LogP contribution in [0.4, 0.5) is 0 Å². The van der Waals surface area contributed by atoms with Gasteiger partial charge in [0.25, 0.3) is 5.89 Å². The van der Waals surface area contributed by atoms with E-state index in [4.69, 9.17) is 18.7 Å². The Bertz CT molecular complexity index is 1120. The van der Waals surface area contributed by atoms with E-state index in [9.17, 15) is 4.79 Å². The van der Waals surface area contributed by atoms with Crippen molar-refractivity contribution in [1.29, 1.82) is 0 Å². The Morgan fingerprint density at radius 1 is 0.900 bits per heavy atom. The fourth-order valence-electron chi connectivity index (χ4n) is 2.75. The van der Waals surface area contributed by atoms with E-state index in [0.29, 0.717) is 28.5 Å². The second kappa shape index (κ2) is 8.91. The molecule has 0 atom stereocenters. The molecule has 3 aromatic carbocycles. The Hall–Kier alpha value is -4.13. The molecule has 0 radical (unpaired) electrons. The maximum Gasteiger partial charge on any atom is 0.338 e. The lowest BCUT2D eigenvalue weighted by atomic mass is 10.2. The SMILES string of the molecule is COc1ccccc1-c1noc(COC(=O)c2ccc(Oc3ccccc3)cc2)n1. The number of ether oxygens (including phenoxy) is 3. The summed E-state index contributed by atoms with van der Waals surface area (Å²) >= 11 is 0. The fraction of sp³-hybridized carbons (Fsp3) is 0.0870. The molecule has 7 heteroatoms. The van der Waals surface area contributed by atoms with E-state index in [1.807, 2.05) is 48.5 Å². The van der Waals surface area contributed by atoms with Gasteiger partial charge in [-0.1, -0.05) is 35.5 Å². The quantitative estimate of drug-likeness (QED) is 0.407. The average Bonchev–Trinajstić information content (AvgIpc) is 3.27. The summed E-state index contributed by atoms with van der Waals surface area (Å²) in [6.07, 6.45) is 0. The largest absolute Gasteiger partial charge is 0.496 e. The number of para-hydroxylation sites is 2. The summed E-state index contributed by atoms with van der Waals surface area (Å²) in [5, 5.41) is 3.92. The van der Waals surface area contributed by atoms with Crippen LogP contribution in [0.1, 0.15) is 16.2 Å². The second-order valence-electron chi connectivity index (χ2n) is 6.23. The van der Waals surface area contributed by atoms with Crippen LogP contribution in [-0.4, -0.2) is 23.2 Å². The number of hydrogen-bond donors (Lipinski definition) is 0. The molecule has 30 heavy (non-hydrogen) atoms. The maximum absolute atomic E-state index is 12.3. The molecular weight excluding hydrogens is 384 g/mol. The zero-order chi connectivity index (χ0) is 20.8. The van der Waals surface area contributed by atoms with Crippen molar-refractivity contribution in [3.63, 3.8) is 0 Å². The minimum atomic E-state index is -0.502. The van der Waals surface area contributed by atoms with Gasteiger partial charge in [-0.2, -0.15) is 4.98 Å². The first kappa shape index (κ1) is 19.2. The monoisotopic (exact) mass is 402 g/mol. The highest BCUT2D eigenvalue weighted by Crippen LogP contribution is 2.27. The van der Waals surface area contributed by atoms with Crippen molar-refractivity contribution in [1.82, 2.24) is 10.1 Å². The smallest absolute Gasteiger partial charge is 0.338 e. The highest BCUT2D eigenvalue weighted by Gasteiger charge is 2.15. The zero-order valence-corrected chi connectivity index (χ0v) is 16.1. The second-order valence-corrected chi connectivity index (χ2v) is 6.23. The molecule has 4 aromatic rings. The molecule has 0 saturated carbocycles. The maximum atomic E-state index is 12.3. The molecule has 0 aliphatic rings. The predicted molar refractivity (Wildman–Crippen MR) is 108 cm³/mol. The molecule has 4 rings (SSSR count). The fourth-order valence-corrected chi connectivity index (χ4v) is 2.75. The topological polar surface area (TPSA) is 83.7 Å². The number of benzene rings is 3. The van der Waals surface area contributed by atoms with Crippen LogP contribution in [0.3, 0.4) is 0 Å². The van der Waals surface area contributed by atoms with Gasteiger partial charge < -0.3 is 18.7 Å². The van der Waals surface area contributed by atoms with E-state index in [0.717, 1.165) is 5.75 Å². The number of methoxy groups -OCH3 is 1. The van der Waals surface area contributed by atoms with Crippen molar-refractivity contribution >= 4 is 5.97 Å². The lowest BCUT2D eigenvalue weighted by Crippen LogP contribution is -2.05. The van der Waals surface area contributed by atoms with Gasteiger partial charge in [0.2, 0.25) is 5.82 Å². The van der Waals surface area contributed by atoms with Crippen LogP contribution >= 0.6 is 0 Å². The van der Waals surface area contributed by atoms with Gasteiger partial charge in [-0.25, -0.2) is 4.79 Å². The lowest BCUT2D eigenvalue weighted by Gasteiger charge is -2.06. The zero-order valence-electron chi connectivity index (χ0n) is 16.1. The predicted octanol–water partition coefficient (Wildman–Crippen LogP) is 4.89. The summed E-state index contributed by atoms with van der Waals surface area (Å²) in [5.41, 5.74) is 1.08. The average molecular weight is 402 g/mol. The van der Waals surface area contributed by atoms with Crippen LogP contribution < -0.4 is 9.47 Å². The van der Waals surface area contributed by atoms with Crippen molar-refractivity contribution < 1.29 is 23.5 Å². The third kappa shape index (κ3) is 4.47. The van der Waals surface area contributed by atoms with E-state index >= 15 is 0 Å². The molecule has 0 spiro atoms. The normalized spacial score (nSPS) is 10.4. The lowest BCUT2D eigenvalue weighted by molar-refractivity contribution is 0.0430. The van der Waals surface area contributed by atoms with Crippen LogP contribution in [-0.2, 0) is 11.3 Å². The Kier molecular flexibility index (Phi) is 5.70. The minimum Gasteiger partial charge on any atom is -0.496 e. The summed E-state index contributed by atoms with van der Waals surface area (Å²) in [4.78, 5) is 16.6. The first-order valence-electron chi connectivity index (χ1n) is 9.19. The van der Waals surface area contributed by atoms with Crippen molar-refractivity contribution in [2.75, 3.05) is 7.11 Å². The third-order valence-corrected chi connectivity index (χ3v) is 4.21. The Morgan fingerprint density at radius 3 is 2.37 bits per heavy atom. The summed E-state index contributed by atoms with van der Waals surface area (Å²) in [6, 6.07) is 23.4. The van der Waals surface area contributed by atoms with Gasteiger partial charge in [0.1, 0.15) is 17.2 Å². The van der Waals surface area contributed by atoms with Crippen LogP contribution in [0.25, 0.3) is 11.4 Å². The standard InChI is InChI=1S/C23H18N2O5/c1-27-20-10-6-5-9-19(20)22-24-21(30-25-22)15-28-23(26)16-11-13-18(14-12-16)29-17-7-3-2-4-8-17/h2-14H,15H2,1H3. The van der Waals surface area contributed by atoms with Gasteiger partial charge in [0.05, 0.1) is 18.2 Å². The molecule has 7 nitrogen and oxygen atoms in total. The van der Waals surface area contributed by atoms with Crippen LogP contribution in [0.5, 0.6) is 17.2 Å². The third-order valence-electron chi connectivity index (χ3n) is 4.21. The Morgan fingerprint density at radius 2 is 1.60 bits per heavy atom. The van der Waals surface area contributed by atoms with Crippen molar-refractivity contribution in [2.24, 2.45) is 0 Å². The molecule has 0 N–H and O–H groups in total. The molecule has 0 aliphatic carbocycles. The van der Waals surface area contributed by atoms with Crippen molar-refractivity contribution in [3.05, 3.63) is 90.3 Å². The first-order chi connectivity index (χ1) is 14.7. The summed E-state index contributed by atoms with van der Waals surface area (Å²) in [6.45, 7) is -0.136. The Labute approximate surface area is 172 Å². The van der Waals surface area contributed by atoms with Crippen LogP contribution in [0.15, 0.2) is 83.4 Å². The van der Waals surface area contributed by atoms with Crippen LogP contribution in [0.2, 0.25) is 0 Å². The number of rotatable bonds is 7. The van der Waals surface area contributed by atoms with E-state index in [-0.39, 0.29) is 12.5 Å². The molecule has 1 heterocycles. The molecule has 0 saturated heterocycles. The van der Waals surface area contributed by atoms with Crippen molar-refractivity contribution in [2.45, 2.75) is 6.61 Å².